The van der Waals surface area contributed by atoms with E-state index in [1.807, 2.05) is 0 Å². The summed E-state index contributed by atoms with van der Waals surface area (Å²) >= 11 is 0. The molecule has 15 heavy (non-hydrogen) atoms. The lowest BCUT2D eigenvalue weighted by Gasteiger charge is -2.04. The van der Waals surface area contributed by atoms with E-state index in [-0.39, 0.29) is 12.9 Å². The summed E-state index contributed by atoms with van der Waals surface area (Å²) in [5.74, 6) is 0. The zero-order chi connectivity index (χ0) is 12.5. The van der Waals surface area contributed by atoms with Gasteiger partial charge in [0.1, 0.15) is 6.10 Å². The molecule has 0 fully saturated rings. The molecule has 0 amide bonds. The Hall–Kier alpha value is -0.340. The number of aliphatic hydroxyl groups is 3. The Kier molecular flexibility index (Phi) is 10.2. The number of aliphatic hydroxyl groups excluding tert-OH is 3. The average Bonchev–Trinajstić information content (AvgIpc) is 2.14. The molecule has 0 heterocycles. The van der Waals surface area contributed by atoms with Crippen LogP contribution < -0.4 is 0 Å². The maximum atomic E-state index is 9.90. The van der Waals surface area contributed by atoms with E-state index in [1.54, 1.807) is 0 Å². The third-order valence-corrected chi connectivity index (χ3v) is 1.32. The van der Waals surface area contributed by atoms with E-state index in [9.17, 15) is 9.36 Å². The van der Waals surface area contributed by atoms with Crippen molar-refractivity contribution in [2.24, 2.45) is 0 Å². The van der Waals surface area contributed by atoms with E-state index in [1.165, 1.54) is 6.92 Å². The maximum absolute atomic E-state index is 9.90. The molecule has 9 heteroatoms. The first-order valence-electron chi connectivity index (χ1n) is 3.85. The molecule has 0 radical (unpaired) electrons. The predicted octanol–water partition coefficient (Wildman–Crippen LogP) is -1.99. The Balaban J connectivity index is 0. The molecule has 0 aliphatic heterocycles. The molecule has 0 aliphatic rings. The third-order valence-electron chi connectivity index (χ3n) is 0.835. The molecule has 92 valence electrons. The van der Waals surface area contributed by atoms with E-state index in [4.69, 9.17) is 25.1 Å². The SMILES string of the molecule is CC(O)CO.O=CC(O)COP(=O)(O)O. The molecular weight excluding hydrogens is 231 g/mol. The number of phosphoric ester groups is 1. The van der Waals surface area contributed by atoms with Gasteiger partial charge in [-0.3, -0.25) is 4.52 Å². The minimum atomic E-state index is -4.55. The monoisotopic (exact) mass is 246 g/mol. The van der Waals surface area contributed by atoms with E-state index >= 15 is 0 Å². The van der Waals surface area contributed by atoms with Crippen molar-refractivity contribution in [2.45, 2.75) is 19.1 Å². The molecule has 5 N–H and O–H groups in total. The lowest BCUT2D eigenvalue weighted by molar-refractivity contribution is -0.116. The summed E-state index contributed by atoms with van der Waals surface area (Å²) in [5.41, 5.74) is 0. The Morgan fingerprint density at radius 1 is 1.40 bits per heavy atom. The highest BCUT2D eigenvalue weighted by Gasteiger charge is 2.15. The molecule has 0 aliphatic carbocycles. The summed E-state index contributed by atoms with van der Waals surface area (Å²) in [6, 6.07) is 0. The van der Waals surface area contributed by atoms with Crippen LogP contribution in [0.4, 0.5) is 0 Å². The van der Waals surface area contributed by atoms with Gasteiger partial charge in [0.25, 0.3) is 0 Å². The Morgan fingerprint density at radius 3 is 2.00 bits per heavy atom. The van der Waals surface area contributed by atoms with Crippen LogP contribution in [0.5, 0.6) is 0 Å². The summed E-state index contributed by atoms with van der Waals surface area (Å²) < 4.78 is 13.7. The summed E-state index contributed by atoms with van der Waals surface area (Å²) in [4.78, 5) is 25.7. The Labute approximate surface area is 86.4 Å². The van der Waals surface area contributed by atoms with E-state index in [0.717, 1.165) is 0 Å². The second-order valence-electron chi connectivity index (χ2n) is 2.52. The number of hydrogen-bond donors (Lipinski definition) is 5. The number of hydrogen-bond acceptors (Lipinski definition) is 6. The number of aldehydes is 1. The molecule has 0 aromatic carbocycles. The number of phosphoric acid groups is 1. The average molecular weight is 246 g/mol. The Bertz CT molecular complexity index is 199. The van der Waals surface area contributed by atoms with Gasteiger partial charge < -0.3 is 29.9 Å². The third kappa shape index (κ3) is 19.9. The Morgan fingerprint density at radius 2 is 1.80 bits per heavy atom. The van der Waals surface area contributed by atoms with Crippen LogP contribution in [0.3, 0.4) is 0 Å². The first kappa shape index (κ1) is 17.1. The smallest absolute Gasteiger partial charge is 0.394 e. The number of carbonyl (C=O) groups excluding carboxylic acids is 1. The summed E-state index contributed by atoms with van der Waals surface area (Å²) in [5, 5.41) is 24.4. The van der Waals surface area contributed by atoms with Crippen LogP contribution in [0.25, 0.3) is 0 Å². The van der Waals surface area contributed by atoms with Crippen molar-refractivity contribution in [3.05, 3.63) is 0 Å². The van der Waals surface area contributed by atoms with Crippen molar-refractivity contribution in [1.29, 1.82) is 0 Å². The first-order chi connectivity index (χ1) is 6.72. The fourth-order valence-electron chi connectivity index (χ4n) is 0.213. The van der Waals surface area contributed by atoms with Crippen molar-refractivity contribution >= 4 is 14.1 Å². The van der Waals surface area contributed by atoms with E-state index in [2.05, 4.69) is 4.52 Å². The fraction of sp³-hybridized carbons (Fsp3) is 0.833. The predicted molar refractivity (Wildman–Crippen MR) is 48.8 cm³/mol. The van der Waals surface area contributed by atoms with Gasteiger partial charge in [-0.25, -0.2) is 4.57 Å². The normalized spacial score (nSPS) is 14.8. The van der Waals surface area contributed by atoms with Crippen molar-refractivity contribution in [3.8, 4) is 0 Å². The van der Waals surface area contributed by atoms with Gasteiger partial charge in [0.05, 0.1) is 19.3 Å². The molecule has 0 aromatic heterocycles. The molecule has 2 unspecified atom stereocenters. The van der Waals surface area contributed by atoms with Crippen LogP contribution >= 0.6 is 7.82 Å². The molecule has 0 bridgehead atoms. The lowest BCUT2D eigenvalue weighted by Crippen LogP contribution is -2.15. The molecule has 8 nitrogen and oxygen atoms in total. The summed E-state index contributed by atoms with van der Waals surface area (Å²) in [7, 11) is -4.55. The standard InChI is InChI=1S/C3H7O6P.C3H8O2/c4-1-3(5)2-9-10(6,7)8;1-3(5)2-4/h1,3,5H,2H2,(H2,6,7,8);3-5H,2H2,1H3. The number of carbonyl (C=O) groups is 1. The molecule has 0 spiro atoms. The van der Waals surface area contributed by atoms with Crippen LogP contribution in [-0.2, 0) is 13.9 Å². The quantitative estimate of drug-likeness (QED) is 0.277. The lowest BCUT2D eigenvalue weighted by atomic mass is 10.4. The zero-order valence-corrected chi connectivity index (χ0v) is 8.95. The molecule has 0 rings (SSSR count). The van der Waals surface area contributed by atoms with E-state index < -0.39 is 26.6 Å². The van der Waals surface area contributed by atoms with Crippen LogP contribution in [0, 0.1) is 0 Å². The molecule has 0 aromatic rings. The molecule has 2 atom stereocenters. The highest BCUT2D eigenvalue weighted by Crippen LogP contribution is 2.35. The van der Waals surface area contributed by atoms with Gasteiger partial charge in [-0.05, 0) is 6.92 Å². The van der Waals surface area contributed by atoms with Crippen molar-refractivity contribution in [3.63, 3.8) is 0 Å². The van der Waals surface area contributed by atoms with Crippen molar-refractivity contribution < 1.29 is 39.0 Å². The van der Waals surface area contributed by atoms with E-state index in [0.29, 0.717) is 0 Å². The van der Waals surface area contributed by atoms with Gasteiger partial charge >= 0.3 is 7.82 Å². The minimum Gasteiger partial charge on any atom is -0.394 e. The molecule has 0 saturated heterocycles. The second kappa shape index (κ2) is 8.93. The summed E-state index contributed by atoms with van der Waals surface area (Å²) in [6.07, 6.45) is -1.92. The van der Waals surface area contributed by atoms with Crippen LogP contribution in [0.2, 0.25) is 0 Å². The van der Waals surface area contributed by atoms with Gasteiger partial charge in [0.15, 0.2) is 6.29 Å². The fourth-order valence-corrected chi connectivity index (χ4v) is 0.560. The van der Waals surface area contributed by atoms with Crippen molar-refractivity contribution in [1.82, 2.24) is 0 Å². The summed E-state index contributed by atoms with van der Waals surface area (Å²) in [6.45, 7) is 0.702. The zero-order valence-electron chi connectivity index (χ0n) is 8.05. The molecular formula is C6H15O8P. The van der Waals surface area contributed by atoms with Crippen LogP contribution in [0.15, 0.2) is 0 Å². The maximum Gasteiger partial charge on any atom is 0.469 e. The van der Waals surface area contributed by atoms with Crippen LogP contribution in [-0.4, -0.2) is 56.8 Å². The van der Waals surface area contributed by atoms with Gasteiger partial charge in [0.2, 0.25) is 0 Å². The van der Waals surface area contributed by atoms with Gasteiger partial charge in [-0.1, -0.05) is 0 Å². The molecule has 0 saturated carbocycles. The topological polar surface area (TPSA) is 145 Å². The van der Waals surface area contributed by atoms with Crippen LogP contribution in [0.1, 0.15) is 6.92 Å². The van der Waals surface area contributed by atoms with Gasteiger partial charge in [-0.15, -0.1) is 0 Å². The van der Waals surface area contributed by atoms with Gasteiger partial charge in [-0.2, -0.15) is 0 Å². The number of rotatable bonds is 5. The second-order valence-corrected chi connectivity index (χ2v) is 3.76. The first-order valence-corrected chi connectivity index (χ1v) is 5.38. The van der Waals surface area contributed by atoms with Crippen molar-refractivity contribution in [2.75, 3.05) is 13.2 Å². The van der Waals surface area contributed by atoms with Gasteiger partial charge in [0, 0.05) is 0 Å². The largest absolute Gasteiger partial charge is 0.469 e. The highest BCUT2D eigenvalue weighted by atomic mass is 31.2. The minimum absolute atomic E-state index is 0.121. The highest BCUT2D eigenvalue weighted by molar-refractivity contribution is 7.46.